The Morgan fingerprint density at radius 1 is 1.08 bits per heavy atom. The van der Waals surface area contributed by atoms with E-state index in [4.69, 9.17) is 5.73 Å². The smallest absolute Gasteiger partial charge is 0.406 e. The number of ether oxygens (including phenoxy) is 1. The Bertz CT molecular complexity index is 605. The van der Waals surface area contributed by atoms with Gasteiger partial charge in [0.15, 0.2) is 0 Å². The van der Waals surface area contributed by atoms with Gasteiger partial charge in [0, 0.05) is 26.2 Å². The fraction of sp³-hybridized carbons (Fsp3) is 0.500. The summed E-state index contributed by atoms with van der Waals surface area (Å²) in [6.45, 7) is 2.48. The van der Waals surface area contributed by atoms with Gasteiger partial charge >= 0.3 is 6.36 Å². The number of halogens is 3. The molecular weight excluding hydrogens is 339 g/mol. The molecule has 0 aliphatic carbocycles. The second-order valence-electron chi connectivity index (χ2n) is 5.85. The van der Waals surface area contributed by atoms with Crippen LogP contribution in [0.4, 0.5) is 13.2 Å². The highest BCUT2D eigenvalue weighted by atomic mass is 19.4. The maximum atomic E-state index is 12.4. The third-order valence-electron chi connectivity index (χ3n) is 3.83. The van der Waals surface area contributed by atoms with Crippen molar-refractivity contribution in [3.63, 3.8) is 0 Å². The van der Waals surface area contributed by atoms with Gasteiger partial charge in [-0.2, -0.15) is 0 Å². The standard InChI is InChI=1S/C16H20F3N3O3/c17-16(18,19)25-13-4-2-12(3-5-13)10-15(24)22-7-1-6-21(8-9-22)11-14(20)23/h2-5H,1,6-11H2,(H2,20,23). The topological polar surface area (TPSA) is 75.9 Å². The van der Waals surface area contributed by atoms with Crippen molar-refractivity contribution in [1.82, 2.24) is 9.80 Å². The number of carbonyl (C=O) groups excluding carboxylic acids is 2. The number of benzene rings is 1. The monoisotopic (exact) mass is 359 g/mol. The maximum Gasteiger partial charge on any atom is 0.573 e. The molecule has 0 bridgehead atoms. The number of alkyl halides is 3. The van der Waals surface area contributed by atoms with E-state index in [2.05, 4.69) is 4.74 Å². The average Bonchev–Trinajstić information content (AvgIpc) is 2.73. The lowest BCUT2D eigenvalue weighted by Crippen LogP contribution is -2.38. The summed E-state index contributed by atoms with van der Waals surface area (Å²) in [7, 11) is 0. The number of hydrogen-bond acceptors (Lipinski definition) is 4. The zero-order valence-electron chi connectivity index (χ0n) is 13.6. The normalized spacial score (nSPS) is 16.4. The van der Waals surface area contributed by atoms with Gasteiger partial charge in [0.25, 0.3) is 0 Å². The fourth-order valence-electron chi connectivity index (χ4n) is 2.69. The molecule has 1 saturated heterocycles. The molecule has 9 heteroatoms. The van der Waals surface area contributed by atoms with Gasteiger partial charge in [0.2, 0.25) is 11.8 Å². The summed E-state index contributed by atoms with van der Waals surface area (Å²) in [6.07, 6.45) is -3.90. The predicted molar refractivity (Wildman–Crippen MR) is 83.7 cm³/mol. The molecule has 0 unspecified atom stereocenters. The van der Waals surface area contributed by atoms with Crippen LogP contribution in [0.15, 0.2) is 24.3 Å². The summed E-state index contributed by atoms with van der Waals surface area (Å²) >= 11 is 0. The molecule has 0 aromatic heterocycles. The number of carbonyl (C=O) groups is 2. The third-order valence-corrected chi connectivity index (χ3v) is 3.83. The first-order valence-electron chi connectivity index (χ1n) is 7.86. The molecule has 2 amide bonds. The zero-order valence-corrected chi connectivity index (χ0v) is 13.6. The lowest BCUT2D eigenvalue weighted by Gasteiger charge is -2.21. The molecule has 25 heavy (non-hydrogen) atoms. The number of hydrogen-bond donors (Lipinski definition) is 1. The summed E-state index contributed by atoms with van der Waals surface area (Å²) in [6, 6.07) is 5.26. The third kappa shape index (κ3) is 6.61. The van der Waals surface area contributed by atoms with Gasteiger partial charge < -0.3 is 15.4 Å². The predicted octanol–water partition coefficient (Wildman–Crippen LogP) is 1.15. The molecule has 2 N–H and O–H groups in total. The molecule has 138 valence electrons. The van der Waals surface area contributed by atoms with E-state index in [1.807, 2.05) is 4.90 Å². The molecule has 1 aromatic rings. The molecule has 0 radical (unpaired) electrons. The molecule has 6 nitrogen and oxygen atoms in total. The van der Waals surface area contributed by atoms with Gasteiger partial charge in [0.05, 0.1) is 13.0 Å². The van der Waals surface area contributed by atoms with Crippen molar-refractivity contribution in [2.45, 2.75) is 19.2 Å². The van der Waals surface area contributed by atoms with E-state index in [9.17, 15) is 22.8 Å². The molecule has 1 heterocycles. The van der Waals surface area contributed by atoms with E-state index >= 15 is 0 Å². The first-order valence-corrected chi connectivity index (χ1v) is 7.86. The highest BCUT2D eigenvalue weighted by molar-refractivity contribution is 5.79. The molecule has 2 rings (SSSR count). The van der Waals surface area contributed by atoms with Crippen LogP contribution >= 0.6 is 0 Å². The first-order chi connectivity index (χ1) is 11.7. The van der Waals surface area contributed by atoms with Crippen molar-refractivity contribution in [2.24, 2.45) is 5.73 Å². The van der Waals surface area contributed by atoms with Crippen LogP contribution in [-0.2, 0) is 16.0 Å². The van der Waals surface area contributed by atoms with Crippen molar-refractivity contribution in [3.8, 4) is 5.75 Å². The minimum Gasteiger partial charge on any atom is -0.406 e. The van der Waals surface area contributed by atoms with Gasteiger partial charge in [-0.25, -0.2) is 0 Å². The van der Waals surface area contributed by atoms with Crippen LogP contribution in [0.2, 0.25) is 0 Å². The van der Waals surface area contributed by atoms with Gasteiger partial charge in [-0.05, 0) is 24.1 Å². The summed E-state index contributed by atoms with van der Waals surface area (Å²) in [5, 5.41) is 0. The van der Waals surface area contributed by atoms with Crippen LogP contribution in [0.5, 0.6) is 5.75 Å². The Morgan fingerprint density at radius 3 is 2.36 bits per heavy atom. The quantitative estimate of drug-likeness (QED) is 0.856. The van der Waals surface area contributed by atoms with Crippen molar-refractivity contribution in [1.29, 1.82) is 0 Å². The Labute approximate surface area is 143 Å². The largest absolute Gasteiger partial charge is 0.573 e. The fourth-order valence-corrected chi connectivity index (χ4v) is 2.69. The van der Waals surface area contributed by atoms with Crippen molar-refractivity contribution < 1.29 is 27.5 Å². The first kappa shape index (κ1) is 19.0. The molecule has 1 fully saturated rings. The van der Waals surface area contributed by atoms with Gasteiger partial charge in [-0.3, -0.25) is 14.5 Å². The van der Waals surface area contributed by atoms with Crippen LogP contribution in [-0.4, -0.2) is 60.7 Å². The average molecular weight is 359 g/mol. The SMILES string of the molecule is NC(=O)CN1CCCN(C(=O)Cc2ccc(OC(F)(F)F)cc2)CC1. The Kier molecular flexibility index (Phi) is 6.24. The van der Waals surface area contributed by atoms with Gasteiger partial charge in [-0.15, -0.1) is 13.2 Å². The van der Waals surface area contributed by atoms with Crippen LogP contribution in [0.1, 0.15) is 12.0 Å². The lowest BCUT2D eigenvalue weighted by atomic mass is 10.1. The number of amides is 2. The molecule has 0 spiro atoms. The summed E-state index contributed by atoms with van der Waals surface area (Å²) in [5.41, 5.74) is 5.79. The summed E-state index contributed by atoms with van der Waals surface area (Å²) < 4.78 is 40.2. The minimum absolute atomic E-state index is 0.0993. The molecular formula is C16H20F3N3O3. The highest BCUT2D eigenvalue weighted by Gasteiger charge is 2.31. The second kappa shape index (κ2) is 8.19. The molecule has 1 aliphatic rings. The number of nitrogens with zero attached hydrogens (tertiary/aromatic N) is 2. The van der Waals surface area contributed by atoms with Crippen molar-refractivity contribution in [3.05, 3.63) is 29.8 Å². The highest BCUT2D eigenvalue weighted by Crippen LogP contribution is 2.23. The second-order valence-corrected chi connectivity index (χ2v) is 5.85. The number of primary amides is 1. The van der Waals surface area contributed by atoms with Crippen molar-refractivity contribution >= 4 is 11.8 Å². The van der Waals surface area contributed by atoms with Crippen LogP contribution in [0, 0.1) is 0 Å². The van der Waals surface area contributed by atoms with Crippen LogP contribution < -0.4 is 10.5 Å². The summed E-state index contributed by atoms with van der Waals surface area (Å²) in [4.78, 5) is 26.9. The molecule has 0 atom stereocenters. The van der Waals surface area contributed by atoms with E-state index in [1.54, 1.807) is 4.90 Å². The lowest BCUT2D eigenvalue weighted by molar-refractivity contribution is -0.274. The van der Waals surface area contributed by atoms with Gasteiger partial charge in [0.1, 0.15) is 5.75 Å². The van der Waals surface area contributed by atoms with Crippen LogP contribution in [0.25, 0.3) is 0 Å². The maximum absolute atomic E-state index is 12.4. The van der Waals surface area contributed by atoms with Gasteiger partial charge in [-0.1, -0.05) is 12.1 Å². The number of nitrogens with two attached hydrogens (primary N) is 1. The zero-order chi connectivity index (χ0) is 18.4. The molecule has 0 saturated carbocycles. The van der Waals surface area contributed by atoms with E-state index in [0.717, 1.165) is 6.42 Å². The van der Waals surface area contributed by atoms with E-state index < -0.39 is 12.3 Å². The number of rotatable bonds is 5. The van der Waals surface area contributed by atoms with E-state index in [0.29, 0.717) is 31.7 Å². The van der Waals surface area contributed by atoms with Crippen LogP contribution in [0.3, 0.4) is 0 Å². The Morgan fingerprint density at radius 2 is 1.76 bits per heavy atom. The van der Waals surface area contributed by atoms with Crippen molar-refractivity contribution in [2.75, 3.05) is 32.7 Å². The Hall–Kier alpha value is -2.29. The molecule has 1 aromatic carbocycles. The Balaban J connectivity index is 1.88. The summed E-state index contributed by atoms with van der Waals surface area (Å²) in [5.74, 6) is -0.827. The van der Waals surface area contributed by atoms with E-state index in [-0.39, 0.29) is 24.6 Å². The minimum atomic E-state index is -4.74. The van der Waals surface area contributed by atoms with E-state index in [1.165, 1.54) is 24.3 Å². The molecule has 1 aliphatic heterocycles.